The Hall–Kier alpha value is -2.88. The van der Waals surface area contributed by atoms with Crippen molar-refractivity contribution in [3.8, 4) is 5.00 Å². The molecule has 0 aliphatic carbocycles. The molecule has 0 bridgehead atoms. The topological polar surface area (TPSA) is 83.7 Å². The number of rotatable bonds is 5. The average Bonchev–Trinajstić information content (AvgIpc) is 3.32. The number of aliphatic imine (C=N–C) groups is 1. The van der Waals surface area contributed by atoms with Crippen LogP contribution in [0.2, 0.25) is 5.02 Å². The molecule has 3 aromatic rings. The number of amides is 1. The first kappa shape index (κ1) is 24.8. The predicted octanol–water partition coefficient (Wildman–Crippen LogP) is 3.92. The van der Waals surface area contributed by atoms with E-state index in [1.165, 1.54) is 4.88 Å². The number of piperazine rings is 1. The second-order valence-electron chi connectivity index (χ2n) is 9.47. The maximum Gasteiger partial charge on any atom is 0.225 e. The van der Waals surface area contributed by atoms with Gasteiger partial charge in [0.1, 0.15) is 22.7 Å². The van der Waals surface area contributed by atoms with Gasteiger partial charge in [-0.25, -0.2) is 0 Å². The summed E-state index contributed by atoms with van der Waals surface area (Å²) >= 11 is 7.88. The van der Waals surface area contributed by atoms with Gasteiger partial charge >= 0.3 is 0 Å². The minimum Gasteiger partial charge on any atom is -0.340 e. The molecule has 10 heteroatoms. The third-order valence-electron chi connectivity index (χ3n) is 6.90. The first-order valence-corrected chi connectivity index (χ1v) is 13.3. The van der Waals surface area contributed by atoms with E-state index in [2.05, 4.69) is 33.5 Å². The maximum atomic E-state index is 13.4. The number of aromatic nitrogens is 3. The Morgan fingerprint density at radius 1 is 1.06 bits per heavy atom. The normalized spacial score (nSPS) is 17.9. The zero-order valence-corrected chi connectivity index (χ0v) is 22.5. The molecule has 0 unspecified atom stereocenters. The van der Waals surface area contributed by atoms with Crippen molar-refractivity contribution in [3.05, 3.63) is 62.5 Å². The SMILES string of the molecule is CC(=O)CN1CCN(C(=O)C[C@@H]2N=C(c3ccc(Cl)cc3)c3c(sc(C)c3C)-n3c(C)nnc32)CC1. The number of hydrogen-bond acceptors (Lipinski definition) is 7. The van der Waals surface area contributed by atoms with Gasteiger partial charge < -0.3 is 4.90 Å². The molecular weight excluding hydrogens is 496 g/mol. The third-order valence-corrected chi connectivity index (χ3v) is 8.34. The van der Waals surface area contributed by atoms with Crippen LogP contribution in [0.15, 0.2) is 29.3 Å². The van der Waals surface area contributed by atoms with E-state index >= 15 is 0 Å². The van der Waals surface area contributed by atoms with Gasteiger partial charge in [0.25, 0.3) is 0 Å². The second-order valence-corrected chi connectivity index (χ2v) is 11.1. The van der Waals surface area contributed by atoms with E-state index in [0.717, 1.165) is 33.2 Å². The number of carbonyl (C=O) groups excluding carboxylic acids is 2. The van der Waals surface area contributed by atoms with Gasteiger partial charge in [-0.05, 0) is 45.4 Å². The molecule has 5 rings (SSSR count). The van der Waals surface area contributed by atoms with Crippen LogP contribution in [0.4, 0.5) is 0 Å². The highest BCUT2D eigenvalue weighted by Gasteiger charge is 2.33. The maximum absolute atomic E-state index is 13.4. The minimum absolute atomic E-state index is 0.0343. The molecule has 8 nitrogen and oxygen atoms in total. The Morgan fingerprint density at radius 2 is 1.75 bits per heavy atom. The monoisotopic (exact) mass is 524 g/mol. The van der Waals surface area contributed by atoms with Crippen molar-refractivity contribution in [2.75, 3.05) is 32.7 Å². The van der Waals surface area contributed by atoms with Gasteiger partial charge in [-0.2, -0.15) is 0 Å². The zero-order valence-electron chi connectivity index (χ0n) is 20.9. The van der Waals surface area contributed by atoms with Gasteiger partial charge in [-0.1, -0.05) is 23.7 Å². The van der Waals surface area contributed by atoms with E-state index in [9.17, 15) is 9.59 Å². The molecule has 2 aliphatic heterocycles. The predicted molar refractivity (Wildman–Crippen MR) is 142 cm³/mol. The van der Waals surface area contributed by atoms with Crippen LogP contribution in [-0.2, 0) is 9.59 Å². The molecule has 0 spiro atoms. The van der Waals surface area contributed by atoms with E-state index in [1.807, 2.05) is 36.1 Å². The molecule has 1 amide bonds. The van der Waals surface area contributed by atoms with Crippen molar-refractivity contribution in [1.82, 2.24) is 24.6 Å². The van der Waals surface area contributed by atoms with Crippen molar-refractivity contribution in [2.24, 2.45) is 4.99 Å². The van der Waals surface area contributed by atoms with Gasteiger partial charge in [0.05, 0.1) is 18.7 Å². The van der Waals surface area contributed by atoms with Crippen LogP contribution in [0.1, 0.15) is 52.6 Å². The van der Waals surface area contributed by atoms with Crippen LogP contribution in [0.5, 0.6) is 0 Å². The Labute approximate surface area is 219 Å². The standard InChI is InChI=1S/C26H29ClN6O2S/c1-15(34)14-31-9-11-32(12-10-31)22(35)13-21-25-30-29-18(4)33(25)26-23(16(2)17(3)36-26)24(28-21)19-5-7-20(27)8-6-19/h5-8,21H,9-14H2,1-4H3/t21-/m0/s1. The van der Waals surface area contributed by atoms with E-state index in [4.69, 9.17) is 16.6 Å². The number of Topliss-reactive ketones (excluding diaryl/α,β-unsaturated/α-hetero) is 1. The summed E-state index contributed by atoms with van der Waals surface area (Å²) in [4.78, 5) is 35.3. The molecule has 1 aromatic carbocycles. The lowest BCUT2D eigenvalue weighted by Gasteiger charge is -2.34. The number of halogens is 1. The van der Waals surface area contributed by atoms with Crippen molar-refractivity contribution in [3.63, 3.8) is 0 Å². The molecule has 2 aliphatic rings. The molecular formula is C26H29ClN6O2S. The summed E-state index contributed by atoms with van der Waals surface area (Å²) in [7, 11) is 0. The molecule has 1 atom stereocenters. The van der Waals surface area contributed by atoms with Gasteiger partial charge in [0.2, 0.25) is 5.91 Å². The van der Waals surface area contributed by atoms with Gasteiger partial charge in [0.15, 0.2) is 5.82 Å². The minimum atomic E-state index is -0.473. The van der Waals surface area contributed by atoms with Gasteiger partial charge in [0, 0.05) is 47.2 Å². The highest BCUT2D eigenvalue weighted by molar-refractivity contribution is 7.15. The lowest BCUT2D eigenvalue weighted by atomic mass is 9.99. The number of aryl methyl sites for hydroxylation is 2. The summed E-state index contributed by atoms with van der Waals surface area (Å²) in [6.07, 6.45) is 0.203. The molecule has 36 heavy (non-hydrogen) atoms. The summed E-state index contributed by atoms with van der Waals surface area (Å²) in [6.45, 7) is 10.8. The van der Waals surface area contributed by atoms with Gasteiger partial charge in [-0.15, -0.1) is 21.5 Å². The van der Waals surface area contributed by atoms with Crippen molar-refractivity contribution in [1.29, 1.82) is 0 Å². The van der Waals surface area contributed by atoms with Crippen LogP contribution in [-0.4, -0.2) is 74.7 Å². The van der Waals surface area contributed by atoms with Crippen LogP contribution in [0, 0.1) is 20.8 Å². The summed E-state index contributed by atoms with van der Waals surface area (Å²) < 4.78 is 2.06. The Bertz CT molecular complexity index is 1350. The van der Waals surface area contributed by atoms with E-state index in [0.29, 0.717) is 43.6 Å². The van der Waals surface area contributed by atoms with Crippen molar-refractivity contribution >= 4 is 40.3 Å². The van der Waals surface area contributed by atoms with Crippen LogP contribution >= 0.6 is 22.9 Å². The number of thiophene rings is 1. The fourth-order valence-corrected chi connectivity index (χ4v) is 6.24. The fourth-order valence-electron chi connectivity index (χ4n) is 4.90. The van der Waals surface area contributed by atoms with E-state index in [-0.39, 0.29) is 18.1 Å². The highest BCUT2D eigenvalue weighted by atomic mass is 35.5. The Morgan fingerprint density at radius 3 is 2.42 bits per heavy atom. The summed E-state index contributed by atoms with van der Waals surface area (Å²) in [5.41, 5.74) is 4.01. The number of carbonyl (C=O) groups is 2. The first-order chi connectivity index (χ1) is 17.2. The molecule has 0 radical (unpaired) electrons. The van der Waals surface area contributed by atoms with E-state index in [1.54, 1.807) is 18.3 Å². The zero-order chi connectivity index (χ0) is 25.6. The summed E-state index contributed by atoms with van der Waals surface area (Å²) in [6, 6.07) is 7.21. The van der Waals surface area contributed by atoms with Crippen LogP contribution in [0.3, 0.4) is 0 Å². The second kappa shape index (κ2) is 9.88. The Kier molecular flexibility index (Phi) is 6.80. The number of hydrogen-bond donors (Lipinski definition) is 0. The molecule has 1 saturated heterocycles. The lowest BCUT2D eigenvalue weighted by molar-refractivity contribution is -0.133. The van der Waals surface area contributed by atoms with Crippen molar-refractivity contribution in [2.45, 2.75) is 40.2 Å². The lowest BCUT2D eigenvalue weighted by Crippen LogP contribution is -2.49. The van der Waals surface area contributed by atoms with E-state index < -0.39 is 6.04 Å². The smallest absolute Gasteiger partial charge is 0.225 e. The third kappa shape index (κ3) is 4.63. The quantitative estimate of drug-likeness (QED) is 0.505. The van der Waals surface area contributed by atoms with Crippen molar-refractivity contribution < 1.29 is 9.59 Å². The number of fused-ring (bicyclic) bond motifs is 3. The molecule has 188 valence electrons. The fraction of sp³-hybridized carbons (Fsp3) is 0.423. The van der Waals surface area contributed by atoms with Crippen LogP contribution < -0.4 is 0 Å². The molecule has 0 saturated carbocycles. The molecule has 2 aromatic heterocycles. The van der Waals surface area contributed by atoms with Crippen LogP contribution in [0.25, 0.3) is 5.00 Å². The molecule has 0 N–H and O–H groups in total. The number of nitrogens with zero attached hydrogens (tertiary/aromatic N) is 6. The first-order valence-electron chi connectivity index (χ1n) is 12.1. The largest absolute Gasteiger partial charge is 0.340 e. The number of benzene rings is 1. The molecule has 1 fully saturated rings. The molecule has 4 heterocycles. The Balaban J connectivity index is 1.52. The highest BCUT2D eigenvalue weighted by Crippen LogP contribution is 2.39. The average molecular weight is 525 g/mol. The summed E-state index contributed by atoms with van der Waals surface area (Å²) in [5, 5.41) is 10.6. The summed E-state index contributed by atoms with van der Waals surface area (Å²) in [5.74, 6) is 1.63. The number of ketones is 1. The van der Waals surface area contributed by atoms with Gasteiger partial charge in [-0.3, -0.25) is 24.0 Å².